The van der Waals surface area contributed by atoms with Gasteiger partial charge in [0.2, 0.25) is 5.91 Å². The number of unbranched alkanes of at least 4 members (excludes halogenated alkanes) is 25. The molecule has 1 amide bonds. The van der Waals surface area contributed by atoms with Crippen LogP contribution in [0.2, 0.25) is 0 Å². The van der Waals surface area contributed by atoms with Crippen molar-refractivity contribution in [3.63, 3.8) is 0 Å². The normalized spacial score (nSPS) is 13.2. The minimum absolute atomic E-state index is 0.151. The third-order valence-corrected chi connectivity index (χ3v) is 8.08. The molecule has 0 aromatic heterocycles. The van der Waals surface area contributed by atoms with Crippen LogP contribution in [-0.4, -0.2) is 34.9 Å². The van der Waals surface area contributed by atoms with Crippen molar-refractivity contribution in [2.24, 2.45) is 0 Å². The summed E-state index contributed by atoms with van der Waals surface area (Å²) in [5.74, 6) is -0.151. The van der Waals surface area contributed by atoms with Crippen molar-refractivity contribution < 1.29 is 15.0 Å². The highest BCUT2D eigenvalue weighted by Crippen LogP contribution is 2.16. The summed E-state index contributed by atoms with van der Waals surface area (Å²) in [7, 11) is 0. The zero-order chi connectivity index (χ0) is 28.7. The lowest BCUT2D eigenvalue weighted by Gasteiger charge is -2.19. The van der Waals surface area contributed by atoms with Crippen LogP contribution in [0, 0.1) is 0 Å². The van der Waals surface area contributed by atoms with Crippen molar-refractivity contribution in [2.45, 2.75) is 199 Å². The lowest BCUT2D eigenvalue weighted by atomic mass is 10.0. The Labute approximate surface area is 244 Å². The molecule has 0 fully saturated rings. The number of rotatable bonds is 31. The summed E-state index contributed by atoms with van der Waals surface area (Å²) in [5, 5.41) is 22.1. The summed E-state index contributed by atoms with van der Waals surface area (Å²) in [6, 6.07) is -0.613. The van der Waals surface area contributed by atoms with E-state index in [1.54, 1.807) is 13.0 Å². The number of nitrogens with one attached hydrogen (secondary N) is 1. The molecule has 0 bridgehead atoms. The topological polar surface area (TPSA) is 69.6 Å². The van der Waals surface area contributed by atoms with Crippen molar-refractivity contribution in [3.8, 4) is 0 Å². The molecule has 0 aromatic rings. The van der Waals surface area contributed by atoms with Crippen LogP contribution in [0.1, 0.15) is 187 Å². The second-order valence-electron chi connectivity index (χ2n) is 11.9. The molecule has 232 valence electrons. The number of hydrogen-bond donors (Lipinski definition) is 3. The molecule has 0 radical (unpaired) electrons. The molecule has 2 unspecified atom stereocenters. The van der Waals surface area contributed by atoms with Crippen molar-refractivity contribution in [1.82, 2.24) is 5.32 Å². The van der Waals surface area contributed by atoms with E-state index in [4.69, 9.17) is 0 Å². The van der Waals surface area contributed by atoms with E-state index >= 15 is 0 Å². The van der Waals surface area contributed by atoms with E-state index in [1.165, 1.54) is 154 Å². The fourth-order valence-corrected chi connectivity index (χ4v) is 5.32. The Morgan fingerprint density at radius 3 is 1.23 bits per heavy atom. The summed E-state index contributed by atoms with van der Waals surface area (Å²) < 4.78 is 0. The van der Waals surface area contributed by atoms with Crippen molar-refractivity contribution >= 4 is 5.91 Å². The molecular weight excluding hydrogens is 482 g/mol. The maximum absolute atomic E-state index is 11.4. The number of carbonyl (C=O) groups is 1. The molecule has 0 heterocycles. The van der Waals surface area contributed by atoms with Crippen LogP contribution in [0.25, 0.3) is 0 Å². The van der Waals surface area contributed by atoms with E-state index < -0.39 is 12.1 Å². The van der Waals surface area contributed by atoms with Gasteiger partial charge in [0.15, 0.2) is 0 Å². The van der Waals surface area contributed by atoms with Gasteiger partial charge in [0.25, 0.3) is 0 Å². The van der Waals surface area contributed by atoms with Gasteiger partial charge in [-0.15, -0.1) is 0 Å². The van der Waals surface area contributed by atoms with Gasteiger partial charge in [-0.25, -0.2) is 0 Å². The number of aliphatic hydroxyl groups excluding tert-OH is 2. The second kappa shape index (κ2) is 31.7. The van der Waals surface area contributed by atoms with Gasteiger partial charge in [0, 0.05) is 6.42 Å². The number of aliphatic hydroxyl groups is 2. The van der Waals surface area contributed by atoms with Crippen LogP contribution in [0.5, 0.6) is 0 Å². The predicted octanol–water partition coefficient (Wildman–Crippen LogP) is 9.95. The largest absolute Gasteiger partial charge is 0.394 e. The molecule has 3 N–H and O–H groups in total. The van der Waals surface area contributed by atoms with Gasteiger partial charge in [0.05, 0.1) is 18.8 Å². The zero-order valence-electron chi connectivity index (χ0n) is 26.4. The number of hydrogen-bond acceptors (Lipinski definition) is 3. The van der Waals surface area contributed by atoms with Crippen LogP contribution in [0.15, 0.2) is 12.2 Å². The van der Waals surface area contributed by atoms with Gasteiger partial charge < -0.3 is 15.5 Å². The summed E-state index contributed by atoms with van der Waals surface area (Å²) >= 11 is 0. The first-order valence-corrected chi connectivity index (χ1v) is 17.4. The second-order valence-corrected chi connectivity index (χ2v) is 11.9. The minimum Gasteiger partial charge on any atom is -0.394 e. The van der Waals surface area contributed by atoms with Crippen LogP contribution in [0.4, 0.5) is 0 Å². The molecule has 0 aliphatic rings. The fourth-order valence-electron chi connectivity index (χ4n) is 5.32. The van der Waals surface area contributed by atoms with Crippen LogP contribution in [-0.2, 0) is 4.79 Å². The Kier molecular flexibility index (Phi) is 30.9. The number of amides is 1. The molecule has 4 nitrogen and oxygen atoms in total. The fraction of sp³-hybridized carbons (Fsp3) is 0.914. The van der Waals surface area contributed by atoms with E-state index in [0.29, 0.717) is 6.42 Å². The molecule has 4 heteroatoms. The number of carbonyl (C=O) groups excluding carboxylic acids is 1. The Bertz CT molecular complexity index is 522. The Hall–Kier alpha value is -0.870. The minimum atomic E-state index is -0.829. The van der Waals surface area contributed by atoms with Gasteiger partial charge in [-0.1, -0.05) is 180 Å². The standard InChI is InChI=1S/C35H69NO3/c1-3-5-6-7-8-9-10-11-12-13-14-15-16-17-18-19-20-21-22-23-24-25-26-27-28-29-30-31-34(38)33(32-37)36-35(39)4-2/h30-31,33-34,37-38H,3-29,32H2,1-2H3,(H,36,39)/b31-30+. The molecule has 0 spiro atoms. The molecule has 0 saturated heterocycles. The molecule has 0 aliphatic carbocycles. The highest BCUT2D eigenvalue weighted by molar-refractivity contribution is 5.75. The monoisotopic (exact) mass is 552 g/mol. The van der Waals surface area contributed by atoms with E-state index in [1.807, 2.05) is 6.08 Å². The average molecular weight is 552 g/mol. The molecule has 2 atom stereocenters. The summed E-state index contributed by atoms with van der Waals surface area (Å²) in [6.07, 6.45) is 39.3. The van der Waals surface area contributed by atoms with Crippen molar-refractivity contribution in [1.29, 1.82) is 0 Å². The van der Waals surface area contributed by atoms with Gasteiger partial charge in [0.1, 0.15) is 0 Å². The third kappa shape index (κ3) is 28.5. The molecule has 0 aromatic carbocycles. The zero-order valence-corrected chi connectivity index (χ0v) is 26.4. The van der Waals surface area contributed by atoms with Gasteiger partial charge in [-0.05, 0) is 12.8 Å². The lowest BCUT2D eigenvalue weighted by Crippen LogP contribution is -2.44. The molecular formula is C35H69NO3. The van der Waals surface area contributed by atoms with E-state index in [2.05, 4.69) is 12.2 Å². The first kappa shape index (κ1) is 38.1. The van der Waals surface area contributed by atoms with Gasteiger partial charge in [-0.2, -0.15) is 0 Å². The summed E-state index contributed by atoms with van der Waals surface area (Å²) in [6.45, 7) is 3.80. The number of allylic oxidation sites excluding steroid dienone is 1. The van der Waals surface area contributed by atoms with E-state index in [9.17, 15) is 15.0 Å². The maximum atomic E-state index is 11.4. The molecule has 0 saturated carbocycles. The van der Waals surface area contributed by atoms with Crippen molar-refractivity contribution in [3.05, 3.63) is 12.2 Å². The van der Waals surface area contributed by atoms with Crippen molar-refractivity contribution in [2.75, 3.05) is 6.61 Å². The predicted molar refractivity (Wildman–Crippen MR) is 170 cm³/mol. The molecule has 0 aliphatic heterocycles. The summed E-state index contributed by atoms with van der Waals surface area (Å²) in [4.78, 5) is 11.4. The maximum Gasteiger partial charge on any atom is 0.220 e. The van der Waals surface area contributed by atoms with E-state index in [-0.39, 0.29) is 12.5 Å². The highest BCUT2D eigenvalue weighted by Gasteiger charge is 2.17. The van der Waals surface area contributed by atoms with Gasteiger partial charge in [-0.3, -0.25) is 4.79 Å². The van der Waals surface area contributed by atoms with Crippen LogP contribution < -0.4 is 5.32 Å². The Morgan fingerprint density at radius 2 is 0.923 bits per heavy atom. The van der Waals surface area contributed by atoms with E-state index in [0.717, 1.165) is 12.8 Å². The highest BCUT2D eigenvalue weighted by atomic mass is 16.3. The lowest BCUT2D eigenvalue weighted by molar-refractivity contribution is -0.122. The first-order valence-electron chi connectivity index (χ1n) is 17.4. The molecule has 0 rings (SSSR count). The van der Waals surface area contributed by atoms with Crippen LogP contribution in [0.3, 0.4) is 0 Å². The first-order chi connectivity index (χ1) is 19.2. The Morgan fingerprint density at radius 1 is 0.590 bits per heavy atom. The average Bonchev–Trinajstić information content (AvgIpc) is 2.95. The quantitative estimate of drug-likeness (QED) is 0.0593. The Balaban J connectivity index is 3.26. The smallest absolute Gasteiger partial charge is 0.220 e. The summed E-state index contributed by atoms with van der Waals surface area (Å²) in [5.41, 5.74) is 0. The molecule has 39 heavy (non-hydrogen) atoms. The van der Waals surface area contributed by atoms with Gasteiger partial charge >= 0.3 is 0 Å². The SMILES string of the molecule is CCCCCCCCCCCCCCCCCCCCCCCCCCC/C=C/C(O)C(CO)NC(=O)CC. The third-order valence-electron chi connectivity index (χ3n) is 8.08. The van der Waals surface area contributed by atoms with Crippen LogP contribution >= 0.6 is 0 Å².